The Labute approximate surface area is 259 Å². The number of methoxy groups -OCH3 is 1. The number of furan rings is 1. The predicted octanol–water partition coefficient (Wildman–Crippen LogP) is 6.27. The average Bonchev–Trinajstić information content (AvgIpc) is 3.53. The van der Waals surface area contributed by atoms with Crippen molar-refractivity contribution in [1.82, 2.24) is 4.57 Å². The molecule has 0 fully saturated rings. The Bertz CT molecular complexity index is 1890. The zero-order chi connectivity index (χ0) is 30.1. The third-order valence-electron chi connectivity index (χ3n) is 6.49. The van der Waals surface area contributed by atoms with E-state index in [1.165, 1.54) is 15.9 Å². The minimum absolute atomic E-state index is 0.0671. The zero-order valence-electron chi connectivity index (χ0n) is 23.6. The number of hydrogen-bond acceptors (Lipinski definition) is 8. The molecule has 0 unspecified atom stereocenters. The maximum atomic E-state index is 13.9. The summed E-state index contributed by atoms with van der Waals surface area (Å²) in [5.74, 6) is 1.60. The van der Waals surface area contributed by atoms with E-state index in [0.717, 1.165) is 10.0 Å². The fourth-order valence-corrected chi connectivity index (χ4v) is 6.13. The summed E-state index contributed by atoms with van der Waals surface area (Å²) in [5.41, 5.74) is 1.89. The van der Waals surface area contributed by atoms with E-state index >= 15 is 0 Å². The number of nitrogens with zero attached hydrogens (tertiary/aromatic N) is 2. The van der Waals surface area contributed by atoms with Gasteiger partial charge in [-0.05, 0) is 85.6 Å². The molecule has 4 aromatic rings. The van der Waals surface area contributed by atoms with Gasteiger partial charge < -0.3 is 18.6 Å². The Morgan fingerprint density at radius 3 is 2.67 bits per heavy atom. The van der Waals surface area contributed by atoms with Crippen molar-refractivity contribution in [2.45, 2.75) is 39.8 Å². The third-order valence-corrected chi connectivity index (χ3v) is 8.70. The second kappa shape index (κ2) is 12.3. The van der Waals surface area contributed by atoms with Crippen molar-refractivity contribution in [1.29, 1.82) is 0 Å². The maximum Gasteiger partial charge on any atom is 0.338 e. The summed E-state index contributed by atoms with van der Waals surface area (Å²) in [4.78, 5) is 32.3. The predicted molar refractivity (Wildman–Crippen MR) is 166 cm³/mol. The molecule has 0 bridgehead atoms. The van der Waals surface area contributed by atoms with Gasteiger partial charge in [-0.3, -0.25) is 9.36 Å². The van der Waals surface area contributed by atoms with Crippen LogP contribution in [-0.2, 0) is 9.53 Å². The van der Waals surface area contributed by atoms with Crippen LogP contribution in [-0.4, -0.2) is 30.4 Å². The van der Waals surface area contributed by atoms with Crippen molar-refractivity contribution in [3.8, 4) is 22.8 Å². The number of thiazole rings is 1. The number of carbonyl (C=O) groups is 1. The van der Waals surface area contributed by atoms with E-state index in [2.05, 4.69) is 20.9 Å². The van der Waals surface area contributed by atoms with Crippen molar-refractivity contribution < 1.29 is 23.4 Å². The lowest BCUT2D eigenvalue weighted by Gasteiger charge is -2.25. The van der Waals surface area contributed by atoms with Gasteiger partial charge in [0, 0.05) is 16.1 Å². The summed E-state index contributed by atoms with van der Waals surface area (Å²) in [7, 11) is 1.55. The van der Waals surface area contributed by atoms with Crippen molar-refractivity contribution in [3.05, 3.63) is 100 Å². The number of esters is 1. The second-order valence-corrected chi connectivity index (χ2v) is 12.0. The average molecular weight is 672 g/mol. The highest BCUT2D eigenvalue weighted by atomic mass is 79.9. The number of rotatable bonds is 8. The summed E-state index contributed by atoms with van der Waals surface area (Å²) in [5, 5.41) is 0.562. The number of halogens is 2. The second-order valence-electron chi connectivity index (χ2n) is 9.71. The molecule has 5 rings (SSSR count). The summed E-state index contributed by atoms with van der Waals surface area (Å²) in [6, 6.07) is 13.7. The fraction of sp³-hybridized carbons (Fsp3) is 0.258. The standard InChI is InChI=1S/C31H28BrClN2O6S/c1-6-39-30(37)27-17(4)34-31-35(28(27)19-8-11-24(40-16(2)3)25(14-19)38-5)29(36)26(42-31)15-20-9-12-23(41-20)18-7-10-21(32)22(33)13-18/h7-16,28H,6H2,1-5H3/b26-15-/t28-/m0/s1. The lowest BCUT2D eigenvalue weighted by molar-refractivity contribution is -0.139. The Balaban J connectivity index is 1.64. The van der Waals surface area contributed by atoms with Crippen LogP contribution in [0.15, 0.2) is 78.5 Å². The molecule has 0 aliphatic carbocycles. The molecule has 0 saturated carbocycles. The molecule has 218 valence electrons. The SMILES string of the molecule is CCOC(=O)C1=C(C)N=c2s/c(=C\c3ccc(-c4ccc(Br)c(Cl)c4)o3)c(=O)n2[C@H]1c1ccc(OC(C)C)c(OC)c1. The number of benzene rings is 2. The number of fused-ring (bicyclic) bond motifs is 1. The maximum absolute atomic E-state index is 13.9. The number of carbonyl (C=O) groups excluding carboxylic acids is 1. The highest BCUT2D eigenvalue weighted by Crippen LogP contribution is 2.36. The van der Waals surface area contributed by atoms with Crippen molar-refractivity contribution in [2.24, 2.45) is 4.99 Å². The van der Waals surface area contributed by atoms with Crippen molar-refractivity contribution in [3.63, 3.8) is 0 Å². The van der Waals surface area contributed by atoms with Crippen LogP contribution in [0.3, 0.4) is 0 Å². The third kappa shape index (κ3) is 5.84. The van der Waals surface area contributed by atoms with Gasteiger partial charge in [0.1, 0.15) is 11.5 Å². The van der Waals surface area contributed by atoms with E-state index in [4.69, 9.17) is 30.2 Å². The van der Waals surface area contributed by atoms with Crippen LogP contribution in [0.4, 0.5) is 0 Å². The molecule has 1 aliphatic rings. The van der Waals surface area contributed by atoms with Gasteiger partial charge in [-0.2, -0.15) is 0 Å². The minimum atomic E-state index is -0.790. The number of allylic oxidation sites excluding steroid dienone is 1. The highest BCUT2D eigenvalue weighted by molar-refractivity contribution is 9.10. The lowest BCUT2D eigenvalue weighted by Crippen LogP contribution is -2.40. The first kappa shape index (κ1) is 29.9. The van der Waals surface area contributed by atoms with Gasteiger partial charge in [-0.15, -0.1) is 0 Å². The number of hydrogen-bond donors (Lipinski definition) is 0. The van der Waals surface area contributed by atoms with Crippen LogP contribution in [0.25, 0.3) is 17.4 Å². The molecule has 8 nitrogen and oxygen atoms in total. The van der Waals surface area contributed by atoms with Gasteiger partial charge >= 0.3 is 5.97 Å². The molecule has 1 aliphatic heterocycles. The topological polar surface area (TPSA) is 92.3 Å². The Morgan fingerprint density at radius 1 is 1.19 bits per heavy atom. The Hall–Kier alpha value is -3.60. The summed E-state index contributed by atoms with van der Waals surface area (Å²) < 4.78 is 25.6. The molecule has 0 N–H and O–H groups in total. The molecule has 2 aromatic heterocycles. The molecule has 1 atom stereocenters. The van der Waals surface area contributed by atoms with Gasteiger partial charge in [0.2, 0.25) is 0 Å². The molecular formula is C31H28BrClN2O6S. The fourth-order valence-electron chi connectivity index (χ4n) is 4.68. The normalized spacial score (nSPS) is 15.0. The summed E-state index contributed by atoms with van der Waals surface area (Å²) >= 11 is 10.9. The molecule has 3 heterocycles. The van der Waals surface area contributed by atoms with E-state index in [1.807, 2.05) is 38.1 Å². The van der Waals surface area contributed by atoms with Crippen molar-refractivity contribution in [2.75, 3.05) is 13.7 Å². The van der Waals surface area contributed by atoms with Crippen LogP contribution in [0.5, 0.6) is 11.5 Å². The summed E-state index contributed by atoms with van der Waals surface area (Å²) in [6.07, 6.45) is 1.61. The van der Waals surface area contributed by atoms with Gasteiger partial charge in [-0.25, -0.2) is 9.79 Å². The Morgan fingerprint density at radius 2 is 1.98 bits per heavy atom. The molecule has 11 heteroatoms. The van der Waals surface area contributed by atoms with Crippen LogP contribution in [0.2, 0.25) is 5.02 Å². The first-order valence-corrected chi connectivity index (χ1v) is 15.2. The van der Waals surface area contributed by atoms with Gasteiger partial charge in [0.05, 0.1) is 46.7 Å². The number of aromatic nitrogens is 1. The highest BCUT2D eigenvalue weighted by Gasteiger charge is 2.34. The van der Waals surface area contributed by atoms with E-state index in [9.17, 15) is 9.59 Å². The monoisotopic (exact) mass is 670 g/mol. The first-order valence-electron chi connectivity index (χ1n) is 13.2. The quantitative estimate of drug-likeness (QED) is 0.205. The van der Waals surface area contributed by atoms with Gasteiger partial charge in [0.15, 0.2) is 16.3 Å². The molecule has 0 saturated heterocycles. The van der Waals surface area contributed by atoms with Crippen LogP contribution >= 0.6 is 38.9 Å². The summed E-state index contributed by atoms with van der Waals surface area (Å²) in [6.45, 7) is 7.50. The minimum Gasteiger partial charge on any atom is -0.493 e. The molecule has 0 radical (unpaired) electrons. The molecule has 42 heavy (non-hydrogen) atoms. The smallest absolute Gasteiger partial charge is 0.338 e. The molecule has 0 spiro atoms. The van der Waals surface area contributed by atoms with Gasteiger partial charge in [-0.1, -0.05) is 35.1 Å². The van der Waals surface area contributed by atoms with E-state index in [1.54, 1.807) is 51.3 Å². The number of ether oxygens (including phenoxy) is 3. The van der Waals surface area contributed by atoms with Crippen LogP contribution in [0, 0.1) is 0 Å². The van der Waals surface area contributed by atoms with Crippen LogP contribution < -0.4 is 24.4 Å². The largest absolute Gasteiger partial charge is 0.493 e. The van der Waals surface area contributed by atoms with Crippen LogP contribution in [0.1, 0.15) is 45.1 Å². The molecular weight excluding hydrogens is 644 g/mol. The molecule has 2 aromatic carbocycles. The molecule has 0 amide bonds. The van der Waals surface area contributed by atoms with E-state index in [-0.39, 0.29) is 23.8 Å². The lowest BCUT2D eigenvalue weighted by atomic mass is 9.95. The van der Waals surface area contributed by atoms with E-state index < -0.39 is 12.0 Å². The Kier molecular flexibility index (Phi) is 8.77. The van der Waals surface area contributed by atoms with E-state index in [0.29, 0.717) is 48.6 Å². The zero-order valence-corrected chi connectivity index (χ0v) is 26.7. The van der Waals surface area contributed by atoms with Gasteiger partial charge in [0.25, 0.3) is 5.56 Å². The first-order chi connectivity index (χ1) is 20.1. The van der Waals surface area contributed by atoms with Crippen molar-refractivity contribution >= 4 is 50.9 Å².